The zero-order valence-electron chi connectivity index (χ0n) is 15.8. The van der Waals surface area contributed by atoms with E-state index in [4.69, 9.17) is 9.47 Å². The Hall–Kier alpha value is -1.26. The summed E-state index contributed by atoms with van der Waals surface area (Å²) in [7, 11) is 4.01. The molecule has 1 saturated heterocycles. The molecule has 4 heteroatoms. The van der Waals surface area contributed by atoms with E-state index in [0.29, 0.717) is 18.7 Å². The molecule has 0 amide bonds. The Labute approximate surface area is 146 Å². The van der Waals surface area contributed by atoms with Crippen LogP contribution in [0.3, 0.4) is 0 Å². The van der Waals surface area contributed by atoms with E-state index >= 15 is 0 Å². The third-order valence-corrected chi connectivity index (χ3v) is 5.47. The SMILES string of the molecule is CCOc1cc2c(cc1OC)[C@H]1CN(C)[C@H](CC(C)C)CN1CC2. The van der Waals surface area contributed by atoms with Crippen molar-refractivity contribution in [2.45, 2.75) is 45.7 Å². The van der Waals surface area contributed by atoms with Crippen LogP contribution >= 0.6 is 0 Å². The van der Waals surface area contributed by atoms with Crippen molar-refractivity contribution in [2.75, 3.05) is 40.4 Å². The van der Waals surface area contributed by atoms with E-state index in [-0.39, 0.29) is 0 Å². The Morgan fingerprint density at radius 3 is 2.67 bits per heavy atom. The van der Waals surface area contributed by atoms with Crippen LogP contribution in [0.5, 0.6) is 11.5 Å². The molecule has 3 rings (SSSR count). The van der Waals surface area contributed by atoms with E-state index < -0.39 is 0 Å². The molecule has 2 aliphatic heterocycles. The van der Waals surface area contributed by atoms with E-state index in [2.05, 4.69) is 42.8 Å². The number of piperazine rings is 1. The minimum absolute atomic E-state index is 0.478. The van der Waals surface area contributed by atoms with Gasteiger partial charge in [0.05, 0.1) is 13.7 Å². The molecule has 1 aromatic rings. The Bertz CT molecular complexity index is 573. The molecule has 134 valence electrons. The van der Waals surface area contributed by atoms with Gasteiger partial charge in [0, 0.05) is 31.7 Å². The first-order chi connectivity index (χ1) is 11.5. The molecule has 0 aliphatic carbocycles. The van der Waals surface area contributed by atoms with Gasteiger partial charge in [-0.25, -0.2) is 0 Å². The molecule has 4 nitrogen and oxygen atoms in total. The molecule has 0 saturated carbocycles. The van der Waals surface area contributed by atoms with Crippen LogP contribution in [0.25, 0.3) is 0 Å². The second-order valence-electron chi connectivity index (χ2n) is 7.62. The summed E-state index contributed by atoms with van der Waals surface area (Å²) in [4.78, 5) is 5.23. The molecule has 0 bridgehead atoms. The van der Waals surface area contributed by atoms with E-state index in [0.717, 1.165) is 36.9 Å². The van der Waals surface area contributed by atoms with Gasteiger partial charge in [-0.3, -0.25) is 4.90 Å². The zero-order chi connectivity index (χ0) is 17.3. The number of methoxy groups -OCH3 is 1. The number of rotatable bonds is 5. The highest BCUT2D eigenvalue weighted by Crippen LogP contribution is 2.40. The lowest BCUT2D eigenvalue weighted by Crippen LogP contribution is -2.55. The first-order valence-corrected chi connectivity index (χ1v) is 9.31. The minimum atomic E-state index is 0.478. The van der Waals surface area contributed by atoms with Crippen LogP contribution in [0.1, 0.15) is 44.4 Å². The maximum atomic E-state index is 5.76. The lowest BCUT2D eigenvalue weighted by molar-refractivity contribution is 0.0294. The van der Waals surface area contributed by atoms with Gasteiger partial charge in [-0.05, 0) is 56.0 Å². The van der Waals surface area contributed by atoms with Crippen LogP contribution < -0.4 is 9.47 Å². The van der Waals surface area contributed by atoms with Crippen LogP contribution in [0.4, 0.5) is 0 Å². The molecular weight excluding hydrogens is 300 g/mol. The van der Waals surface area contributed by atoms with Crippen molar-refractivity contribution in [1.82, 2.24) is 9.80 Å². The normalized spacial score (nSPS) is 24.6. The van der Waals surface area contributed by atoms with Crippen molar-refractivity contribution in [3.05, 3.63) is 23.3 Å². The summed E-state index contributed by atoms with van der Waals surface area (Å²) in [5, 5.41) is 0. The summed E-state index contributed by atoms with van der Waals surface area (Å²) in [6.07, 6.45) is 2.38. The second-order valence-corrected chi connectivity index (χ2v) is 7.62. The molecule has 0 unspecified atom stereocenters. The lowest BCUT2D eigenvalue weighted by atomic mass is 9.88. The number of likely N-dealkylation sites (N-methyl/N-ethyl adjacent to an activating group) is 1. The van der Waals surface area contributed by atoms with Crippen LogP contribution in [0.2, 0.25) is 0 Å². The maximum absolute atomic E-state index is 5.76. The van der Waals surface area contributed by atoms with Gasteiger partial charge in [0.2, 0.25) is 0 Å². The fraction of sp³-hybridized carbons (Fsp3) is 0.700. The summed E-state index contributed by atoms with van der Waals surface area (Å²) in [5.74, 6) is 2.50. The molecule has 1 fully saturated rings. The third-order valence-electron chi connectivity index (χ3n) is 5.47. The first kappa shape index (κ1) is 17.6. The van der Waals surface area contributed by atoms with Crippen molar-refractivity contribution < 1.29 is 9.47 Å². The van der Waals surface area contributed by atoms with Gasteiger partial charge in [-0.1, -0.05) is 13.8 Å². The fourth-order valence-corrected chi connectivity index (χ4v) is 4.25. The molecule has 2 heterocycles. The first-order valence-electron chi connectivity index (χ1n) is 9.31. The van der Waals surface area contributed by atoms with Gasteiger partial charge in [-0.2, -0.15) is 0 Å². The molecule has 0 N–H and O–H groups in total. The average Bonchev–Trinajstić information content (AvgIpc) is 2.55. The van der Waals surface area contributed by atoms with Gasteiger partial charge in [0.15, 0.2) is 11.5 Å². The predicted octanol–water partition coefficient (Wildman–Crippen LogP) is 3.35. The fourth-order valence-electron chi connectivity index (χ4n) is 4.25. The lowest BCUT2D eigenvalue weighted by Gasteiger charge is -2.48. The summed E-state index contributed by atoms with van der Waals surface area (Å²) >= 11 is 0. The number of hydrogen-bond donors (Lipinski definition) is 0. The van der Waals surface area contributed by atoms with Crippen molar-refractivity contribution >= 4 is 0 Å². The molecule has 24 heavy (non-hydrogen) atoms. The van der Waals surface area contributed by atoms with Gasteiger partial charge in [-0.15, -0.1) is 0 Å². The van der Waals surface area contributed by atoms with Gasteiger partial charge in [0.25, 0.3) is 0 Å². The molecule has 0 radical (unpaired) electrons. The number of ether oxygens (including phenoxy) is 2. The second kappa shape index (κ2) is 7.32. The molecule has 0 spiro atoms. The summed E-state index contributed by atoms with van der Waals surface area (Å²) in [6, 6.07) is 5.57. The summed E-state index contributed by atoms with van der Waals surface area (Å²) < 4.78 is 11.4. The average molecular weight is 332 g/mol. The largest absolute Gasteiger partial charge is 0.493 e. The Morgan fingerprint density at radius 1 is 1.21 bits per heavy atom. The van der Waals surface area contributed by atoms with Gasteiger partial charge in [0.1, 0.15) is 0 Å². The van der Waals surface area contributed by atoms with E-state index in [1.54, 1.807) is 7.11 Å². The van der Waals surface area contributed by atoms with Gasteiger partial charge < -0.3 is 14.4 Å². The van der Waals surface area contributed by atoms with E-state index in [1.807, 2.05) is 6.92 Å². The Morgan fingerprint density at radius 2 is 2.00 bits per heavy atom. The number of hydrogen-bond acceptors (Lipinski definition) is 4. The molecule has 2 atom stereocenters. The Balaban J connectivity index is 1.86. The van der Waals surface area contributed by atoms with Crippen LogP contribution in [-0.4, -0.2) is 56.2 Å². The smallest absolute Gasteiger partial charge is 0.161 e. The summed E-state index contributed by atoms with van der Waals surface area (Å²) in [5.41, 5.74) is 2.85. The standard InChI is InChI=1S/C20H32N2O2/c1-6-24-20-10-15-7-8-22-12-16(9-14(2)3)21(4)13-18(22)17(15)11-19(20)23-5/h10-11,14,16,18H,6-9,12-13H2,1-5H3/t16-,18-/m1/s1. The zero-order valence-corrected chi connectivity index (χ0v) is 15.8. The van der Waals surface area contributed by atoms with Gasteiger partial charge >= 0.3 is 0 Å². The number of fused-ring (bicyclic) bond motifs is 3. The molecule has 1 aromatic carbocycles. The van der Waals surface area contributed by atoms with E-state index in [9.17, 15) is 0 Å². The Kier molecular flexibility index (Phi) is 5.36. The van der Waals surface area contributed by atoms with Crippen molar-refractivity contribution in [1.29, 1.82) is 0 Å². The number of benzene rings is 1. The maximum Gasteiger partial charge on any atom is 0.161 e. The monoisotopic (exact) mass is 332 g/mol. The number of nitrogens with zero attached hydrogens (tertiary/aromatic N) is 2. The van der Waals surface area contributed by atoms with Crippen LogP contribution in [-0.2, 0) is 6.42 Å². The highest BCUT2D eigenvalue weighted by atomic mass is 16.5. The topological polar surface area (TPSA) is 24.9 Å². The van der Waals surface area contributed by atoms with Crippen LogP contribution in [0.15, 0.2) is 12.1 Å². The molecular formula is C20H32N2O2. The molecule has 2 aliphatic rings. The van der Waals surface area contributed by atoms with Crippen molar-refractivity contribution in [3.63, 3.8) is 0 Å². The van der Waals surface area contributed by atoms with E-state index in [1.165, 1.54) is 24.1 Å². The van der Waals surface area contributed by atoms with Crippen LogP contribution in [0, 0.1) is 5.92 Å². The third kappa shape index (κ3) is 3.40. The quantitative estimate of drug-likeness (QED) is 0.825. The van der Waals surface area contributed by atoms with Crippen molar-refractivity contribution in [3.8, 4) is 11.5 Å². The summed E-state index contributed by atoms with van der Waals surface area (Å²) in [6.45, 7) is 10.8. The predicted molar refractivity (Wildman–Crippen MR) is 98.1 cm³/mol. The minimum Gasteiger partial charge on any atom is -0.493 e. The highest BCUT2D eigenvalue weighted by Gasteiger charge is 2.36. The molecule has 0 aromatic heterocycles. The van der Waals surface area contributed by atoms with Crippen molar-refractivity contribution in [2.24, 2.45) is 5.92 Å². The highest BCUT2D eigenvalue weighted by molar-refractivity contribution is 5.49.